The quantitative estimate of drug-likeness (QED) is 0.245. The summed E-state index contributed by atoms with van der Waals surface area (Å²) in [5, 5.41) is 6.32. The maximum absolute atomic E-state index is 13.0. The number of para-hydroxylation sites is 2. The Hall–Kier alpha value is -5.55. The minimum Gasteiger partial charge on any atom is -0.456 e. The van der Waals surface area contributed by atoms with Gasteiger partial charge in [-0.1, -0.05) is 60.7 Å². The number of furan rings is 1. The summed E-state index contributed by atoms with van der Waals surface area (Å²) in [5.74, 6) is 0. The van der Waals surface area contributed by atoms with Crippen LogP contribution in [-0.4, -0.2) is 4.57 Å². The molecule has 0 atom stereocenters. The third kappa shape index (κ3) is 3.33. The third-order valence-corrected chi connectivity index (χ3v) is 8.03. The van der Waals surface area contributed by atoms with Crippen LogP contribution in [0.5, 0.6) is 0 Å². The Morgan fingerprint density at radius 2 is 1.29 bits per heavy atom. The Morgan fingerprint density at radius 3 is 2.05 bits per heavy atom. The molecular formula is C36H24N2O3. The molecule has 0 spiro atoms. The van der Waals surface area contributed by atoms with E-state index in [4.69, 9.17) is 14.6 Å². The summed E-state index contributed by atoms with van der Waals surface area (Å²) >= 11 is 0. The van der Waals surface area contributed by atoms with E-state index in [1.54, 1.807) is 12.3 Å². The second-order valence-electron chi connectivity index (χ2n) is 10.2. The molecule has 0 bridgehead atoms. The SMILES string of the molecule is C/C=c1\c(=C/N)c2ccc3c4ccccc4oc3c2n1-c1ccc(-c2ccc3c(=O)c4ccccc4oc3c2)cc1. The summed E-state index contributed by atoms with van der Waals surface area (Å²) in [6, 6.07) is 33.8. The average molecular weight is 533 g/mol. The van der Waals surface area contributed by atoms with Gasteiger partial charge in [0.15, 0.2) is 5.58 Å². The van der Waals surface area contributed by atoms with Crippen LogP contribution in [0.15, 0.2) is 117 Å². The second-order valence-corrected chi connectivity index (χ2v) is 10.2. The van der Waals surface area contributed by atoms with E-state index in [0.29, 0.717) is 21.9 Å². The Morgan fingerprint density at radius 1 is 0.659 bits per heavy atom. The summed E-state index contributed by atoms with van der Waals surface area (Å²) in [5.41, 5.74) is 13.0. The summed E-state index contributed by atoms with van der Waals surface area (Å²) in [6.45, 7) is 2.02. The van der Waals surface area contributed by atoms with Crippen molar-refractivity contribution in [1.82, 2.24) is 4.57 Å². The van der Waals surface area contributed by atoms with Crippen LogP contribution in [0.4, 0.5) is 0 Å². The molecule has 0 saturated carbocycles. The molecule has 41 heavy (non-hydrogen) atoms. The molecule has 5 heteroatoms. The summed E-state index contributed by atoms with van der Waals surface area (Å²) in [6.07, 6.45) is 3.75. The van der Waals surface area contributed by atoms with Crippen LogP contribution in [0.1, 0.15) is 6.92 Å². The van der Waals surface area contributed by atoms with E-state index in [1.165, 1.54) is 0 Å². The van der Waals surface area contributed by atoms with E-state index in [1.807, 2.05) is 61.5 Å². The Bertz CT molecular complexity index is 2510. The largest absolute Gasteiger partial charge is 0.456 e. The lowest BCUT2D eigenvalue weighted by molar-refractivity contribution is 0.660. The van der Waals surface area contributed by atoms with Gasteiger partial charge in [0.25, 0.3) is 0 Å². The van der Waals surface area contributed by atoms with Crippen LogP contribution in [-0.2, 0) is 0 Å². The predicted molar refractivity (Wildman–Crippen MR) is 168 cm³/mol. The fraction of sp³-hybridized carbons (Fsp3) is 0.0278. The number of nitrogens with zero attached hydrogens (tertiary/aromatic N) is 1. The molecule has 196 valence electrons. The highest BCUT2D eigenvalue weighted by molar-refractivity contribution is 6.14. The molecule has 5 aromatic carbocycles. The summed E-state index contributed by atoms with van der Waals surface area (Å²) in [7, 11) is 0. The molecule has 5 nitrogen and oxygen atoms in total. The number of hydrogen-bond donors (Lipinski definition) is 1. The molecule has 0 fully saturated rings. The fourth-order valence-corrected chi connectivity index (χ4v) is 6.10. The first-order valence-electron chi connectivity index (χ1n) is 13.6. The van der Waals surface area contributed by atoms with E-state index in [-0.39, 0.29) is 5.43 Å². The van der Waals surface area contributed by atoms with Crippen LogP contribution in [0.2, 0.25) is 0 Å². The first-order valence-corrected chi connectivity index (χ1v) is 13.6. The number of fused-ring (bicyclic) bond motifs is 7. The van der Waals surface area contributed by atoms with Gasteiger partial charge in [0.2, 0.25) is 5.43 Å². The van der Waals surface area contributed by atoms with Gasteiger partial charge in [-0.25, -0.2) is 0 Å². The van der Waals surface area contributed by atoms with Crippen molar-refractivity contribution in [1.29, 1.82) is 0 Å². The van der Waals surface area contributed by atoms with E-state index >= 15 is 0 Å². The minimum absolute atomic E-state index is 0.0176. The molecule has 0 amide bonds. The monoisotopic (exact) mass is 532 g/mol. The Balaban J connectivity index is 1.33. The van der Waals surface area contributed by atoms with Crippen LogP contribution >= 0.6 is 0 Å². The topological polar surface area (TPSA) is 74.3 Å². The van der Waals surface area contributed by atoms with Gasteiger partial charge < -0.3 is 19.1 Å². The third-order valence-electron chi connectivity index (χ3n) is 8.03. The zero-order chi connectivity index (χ0) is 27.7. The van der Waals surface area contributed by atoms with Gasteiger partial charge in [0, 0.05) is 33.3 Å². The maximum atomic E-state index is 13.0. The smallest absolute Gasteiger partial charge is 0.200 e. The lowest BCUT2D eigenvalue weighted by Gasteiger charge is -2.10. The van der Waals surface area contributed by atoms with Gasteiger partial charge in [-0.2, -0.15) is 0 Å². The molecular weight excluding hydrogens is 508 g/mol. The first kappa shape index (κ1) is 23.3. The lowest BCUT2D eigenvalue weighted by Crippen LogP contribution is -2.29. The number of benzene rings is 5. The molecule has 0 radical (unpaired) electrons. The molecule has 0 aliphatic rings. The van der Waals surface area contributed by atoms with Crippen molar-refractivity contribution in [3.05, 3.63) is 124 Å². The van der Waals surface area contributed by atoms with Crippen molar-refractivity contribution in [2.24, 2.45) is 5.73 Å². The highest BCUT2D eigenvalue weighted by atomic mass is 16.3. The van der Waals surface area contributed by atoms with Gasteiger partial charge in [0.1, 0.15) is 16.7 Å². The summed E-state index contributed by atoms with van der Waals surface area (Å²) < 4.78 is 14.8. The number of aromatic nitrogens is 1. The maximum Gasteiger partial charge on any atom is 0.200 e. The standard InChI is InChI=1S/C36H24N2O3/c1-2-30-29(20-37)25-17-18-26-24-7-3-5-9-31(24)41-36(26)34(25)38(30)23-14-11-21(12-15-23)22-13-16-28-33(19-22)40-32-10-6-4-8-27(32)35(28)39/h2-20H,37H2,1H3/b29-20-,30-2+. The molecule has 0 saturated heterocycles. The molecule has 3 aromatic heterocycles. The fourth-order valence-electron chi connectivity index (χ4n) is 6.10. The van der Waals surface area contributed by atoms with Crippen molar-refractivity contribution in [2.75, 3.05) is 0 Å². The van der Waals surface area contributed by atoms with E-state index in [0.717, 1.165) is 60.2 Å². The van der Waals surface area contributed by atoms with Crippen LogP contribution in [0.3, 0.4) is 0 Å². The van der Waals surface area contributed by atoms with Crippen molar-refractivity contribution < 1.29 is 8.83 Å². The van der Waals surface area contributed by atoms with Crippen LogP contribution in [0, 0.1) is 0 Å². The molecule has 2 N–H and O–H groups in total. The predicted octanol–water partition coefficient (Wildman–Crippen LogP) is 6.95. The number of hydrogen-bond acceptors (Lipinski definition) is 4. The lowest BCUT2D eigenvalue weighted by atomic mass is 10.0. The van der Waals surface area contributed by atoms with Crippen molar-refractivity contribution in [2.45, 2.75) is 6.92 Å². The molecule has 0 unspecified atom stereocenters. The van der Waals surface area contributed by atoms with Crippen molar-refractivity contribution >= 4 is 67.1 Å². The molecule has 0 aliphatic heterocycles. The van der Waals surface area contributed by atoms with Crippen molar-refractivity contribution in [3.63, 3.8) is 0 Å². The minimum atomic E-state index is -0.0176. The molecule has 0 aliphatic carbocycles. The van der Waals surface area contributed by atoms with Crippen molar-refractivity contribution in [3.8, 4) is 16.8 Å². The number of nitrogens with two attached hydrogens (primary N) is 1. The second kappa shape index (κ2) is 8.73. The number of rotatable bonds is 2. The van der Waals surface area contributed by atoms with Gasteiger partial charge in [-0.15, -0.1) is 0 Å². The Labute approximate surface area is 233 Å². The van der Waals surface area contributed by atoms with Gasteiger partial charge in [-0.05, 0) is 66.6 Å². The normalized spacial score (nSPS) is 13.0. The summed E-state index contributed by atoms with van der Waals surface area (Å²) in [4.78, 5) is 13.0. The van der Waals surface area contributed by atoms with Crippen LogP contribution < -0.4 is 21.7 Å². The van der Waals surface area contributed by atoms with Crippen LogP contribution in [0.25, 0.3) is 83.9 Å². The first-order chi connectivity index (χ1) is 20.2. The highest BCUT2D eigenvalue weighted by Crippen LogP contribution is 2.34. The molecule has 8 rings (SSSR count). The van der Waals surface area contributed by atoms with Gasteiger partial charge in [0.05, 0.1) is 21.6 Å². The van der Waals surface area contributed by atoms with Gasteiger partial charge >= 0.3 is 0 Å². The molecule has 3 heterocycles. The van der Waals surface area contributed by atoms with E-state index in [9.17, 15) is 4.79 Å². The zero-order valence-electron chi connectivity index (χ0n) is 22.2. The average Bonchev–Trinajstić information content (AvgIpc) is 3.56. The zero-order valence-corrected chi connectivity index (χ0v) is 22.2. The highest BCUT2D eigenvalue weighted by Gasteiger charge is 2.17. The van der Waals surface area contributed by atoms with Gasteiger partial charge in [-0.3, -0.25) is 4.79 Å². The Kier molecular flexibility index (Phi) is 4.97. The molecule has 8 aromatic rings. The van der Waals surface area contributed by atoms with E-state index < -0.39 is 0 Å². The van der Waals surface area contributed by atoms with E-state index in [2.05, 4.69) is 53.1 Å².